The molecule has 2 spiro atoms. The first-order chi connectivity index (χ1) is 40.4. The summed E-state index contributed by atoms with van der Waals surface area (Å²) in [6, 6.07) is 25.1. The number of aromatic nitrogens is 2. The molecule has 2 N–H and O–H groups in total. The molecule has 1 aromatic heterocycles. The molecule has 2 aliphatic carbocycles. The summed E-state index contributed by atoms with van der Waals surface area (Å²) in [6.45, 7) is 1.02. The molecule has 3 saturated heterocycles. The summed E-state index contributed by atoms with van der Waals surface area (Å²) in [5.74, 6) is -3.50. The zero-order valence-electron chi connectivity index (χ0n) is 46.1. The first-order valence-electron chi connectivity index (χ1n) is 28.8. The number of anilines is 1. The van der Waals surface area contributed by atoms with E-state index in [1.807, 2.05) is 29.2 Å². The van der Waals surface area contributed by atoms with E-state index in [2.05, 4.69) is 10.6 Å². The highest BCUT2D eigenvalue weighted by atomic mass is 35.5. The summed E-state index contributed by atoms with van der Waals surface area (Å²) < 4.78 is 19.9. The predicted octanol–water partition coefficient (Wildman–Crippen LogP) is 9.82. The van der Waals surface area contributed by atoms with Gasteiger partial charge in [0.25, 0.3) is 17.3 Å². The van der Waals surface area contributed by atoms with Gasteiger partial charge in [-0.05, 0) is 122 Å². The number of non-ortho nitro benzene ring substituents is 2. The second kappa shape index (κ2) is 22.3. The summed E-state index contributed by atoms with van der Waals surface area (Å²) >= 11 is 13.3. The maximum absolute atomic E-state index is 16.9. The van der Waals surface area contributed by atoms with Crippen LogP contribution in [0.3, 0.4) is 0 Å². The van der Waals surface area contributed by atoms with Crippen LogP contribution in [0, 0.1) is 32.0 Å². The van der Waals surface area contributed by atoms with E-state index in [0.29, 0.717) is 103 Å². The summed E-state index contributed by atoms with van der Waals surface area (Å²) in [5.41, 5.74) is 1.53. The third-order valence-electron chi connectivity index (χ3n) is 19.1. The van der Waals surface area contributed by atoms with Crippen LogP contribution in [-0.2, 0) is 49.5 Å². The first-order valence-corrected chi connectivity index (χ1v) is 29.6. The van der Waals surface area contributed by atoms with Gasteiger partial charge in [0.1, 0.15) is 17.3 Å². The van der Waals surface area contributed by atoms with Crippen LogP contribution in [0.4, 0.5) is 21.5 Å². The number of nitrogens with zero attached hydrogens (tertiary/aromatic N) is 7. The Kier molecular flexibility index (Phi) is 15.1. The molecule has 4 aliphatic heterocycles. The number of amides is 5. The number of aryl methyl sites for hydroxylation is 1. The van der Waals surface area contributed by atoms with Crippen molar-refractivity contribution in [1.82, 2.24) is 29.6 Å². The van der Waals surface area contributed by atoms with Crippen molar-refractivity contribution in [2.45, 2.75) is 137 Å². The number of likely N-dealkylation sites (tertiary alicyclic amines) is 2. The van der Waals surface area contributed by atoms with Gasteiger partial charge in [0, 0.05) is 85.0 Å². The molecule has 2 saturated carbocycles. The van der Waals surface area contributed by atoms with Crippen LogP contribution in [0.1, 0.15) is 129 Å². The molecule has 5 aromatic carbocycles. The van der Waals surface area contributed by atoms with Crippen LogP contribution in [0.2, 0.25) is 10.0 Å². The van der Waals surface area contributed by atoms with E-state index in [0.717, 1.165) is 29.7 Å². The Labute approximate surface area is 492 Å². The van der Waals surface area contributed by atoms with Crippen LogP contribution in [0.5, 0.6) is 0 Å². The van der Waals surface area contributed by atoms with Crippen molar-refractivity contribution in [3.05, 3.63) is 178 Å². The highest BCUT2D eigenvalue weighted by molar-refractivity contribution is 6.31. The van der Waals surface area contributed by atoms with Crippen LogP contribution < -0.4 is 21.2 Å². The van der Waals surface area contributed by atoms with Crippen molar-refractivity contribution in [1.29, 1.82) is 0 Å². The monoisotopic (exact) mass is 1180 g/mol. The Morgan fingerprint density at radius 3 is 2.04 bits per heavy atom. The lowest BCUT2D eigenvalue weighted by Gasteiger charge is -2.47. The standard InChI is InChI=1S/C62H62Cl2FN9O10/c1-68-51-32-40(14-23-48(51)72(60(68)80)49-24-25-52(75)71(58(49)78)35-37-10-20-44(21-11-37)74(83)84)38-26-30-69(31-27-38)57(77)39-12-16-42(17-13-39)66-56(76)55-53(45-6-5-7-47(64)54(45)65)62(61(67-55)28-3-2-4-29-61)46-22-15-41(63)33-50(46)70(59(62)79)34-36-8-18-43(19-9-36)73(81)82/h5-11,14-15,18-23,32-33,38-39,42,49,53,55,67H,2-4,12-13,16-17,24-31,34-35H2,1H3,(H,66,76)/t39?,42?,49?,53-,55+,62+/m0/s1. The van der Waals surface area contributed by atoms with E-state index in [4.69, 9.17) is 23.2 Å². The molecular weight excluding hydrogens is 1120 g/mol. The van der Waals surface area contributed by atoms with E-state index in [9.17, 15) is 39.4 Å². The lowest BCUT2D eigenvalue weighted by Crippen LogP contribution is -2.61. The second-order valence-corrected chi connectivity index (χ2v) is 24.4. The number of rotatable bonds is 12. The van der Waals surface area contributed by atoms with Crippen molar-refractivity contribution in [3.8, 4) is 0 Å². The van der Waals surface area contributed by atoms with Crippen molar-refractivity contribution in [2.24, 2.45) is 13.0 Å². The van der Waals surface area contributed by atoms with Crippen molar-refractivity contribution in [3.63, 3.8) is 0 Å². The third kappa shape index (κ3) is 9.63. The molecule has 0 radical (unpaired) electrons. The van der Waals surface area contributed by atoms with Gasteiger partial charge in [0.2, 0.25) is 23.6 Å². The Hall–Kier alpha value is -7.81. The molecule has 6 aliphatic rings. The molecule has 1 unspecified atom stereocenters. The Balaban J connectivity index is 0.724. The smallest absolute Gasteiger partial charge is 0.329 e. The number of hydrogen-bond donors (Lipinski definition) is 2. The van der Waals surface area contributed by atoms with Gasteiger partial charge in [-0.2, -0.15) is 0 Å². The number of imide groups is 1. The number of halogens is 3. The van der Waals surface area contributed by atoms with Gasteiger partial charge in [0.05, 0.1) is 45.0 Å². The maximum atomic E-state index is 16.9. The molecule has 19 nitrogen and oxygen atoms in total. The highest BCUT2D eigenvalue weighted by Gasteiger charge is 2.73. The minimum absolute atomic E-state index is 0.0361. The number of piperidine rings is 2. The fraction of sp³-hybridized carbons (Fsp3) is 0.419. The van der Waals surface area contributed by atoms with Crippen LogP contribution >= 0.6 is 23.2 Å². The van der Waals surface area contributed by atoms with E-state index in [1.54, 1.807) is 48.3 Å². The number of imidazole rings is 1. The van der Waals surface area contributed by atoms with Crippen LogP contribution in [0.15, 0.2) is 108 Å². The summed E-state index contributed by atoms with van der Waals surface area (Å²) in [6.07, 6.45) is 7.18. The molecule has 5 heterocycles. The van der Waals surface area contributed by atoms with Crippen LogP contribution in [-0.4, -0.2) is 89.0 Å². The van der Waals surface area contributed by atoms with Crippen molar-refractivity contribution < 1.29 is 38.2 Å². The number of carbonyl (C=O) groups excluding carboxylic acids is 5. The van der Waals surface area contributed by atoms with Gasteiger partial charge in [-0.15, -0.1) is 0 Å². The fourth-order valence-corrected chi connectivity index (χ4v) is 15.3. The number of nitrogens with one attached hydrogen (secondary N) is 2. The molecule has 0 bridgehead atoms. The molecule has 12 rings (SSSR count). The van der Waals surface area contributed by atoms with Crippen molar-refractivity contribution in [2.75, 3.05) is 18.0 Å². The number of nitro benzene ring substituents is 2. The van der Waals surface area contributed by atoms with Crippen molar-refractivity contribution >= 4 is 80.8 Å². The van der Waals surface area contributed by atoms with E-state index >= 15 is 14.0 Å². The largest absolute Gasteiger partial charge is 0.352 e. The first kappa shape index (κ1) is 56.7. The normalized spacial score (nSPS) is 24.3. The SMILES string of the molecule is Cn1c(=O)n(C2CCC(=O)N(Cc3ccc([N+](=O)[O-])cc3)C2=O)c2ccc(C3CCN(C(=O)C4CCC(NC(=O)[C@@H]5NC6(CCCCC6)[C@@]6(C(=O)N(Cc7ccc([N+](=O)[O-])cc7)c7cc(Cl)ccc76)[C@H]5c5cccc(Cl)c5F)CC4)CC3)cc21. The number of nitro groups is 2. The Bertz CT molecular complexity index is 3740. The average Bonchev–Trinajstić information content (AvgIpc) is 1.56. The number of benzene rings is 5. The molecule has 5 fully saturated rings. The molecule has 6 aromatic rings. The molecule has 436 valence electrons. The summed E-state index contributed by atoms with van der Waals surface area (Å²) in [4.78, 5) is 113. The minimum Gasteiger partial charge on any atom is -0.352 e. The molecular formula is C62H62Cl2FN9O10. The molecule has 22 heteroatoms. The highest BCUT2D eigenvalue weighted by Crippen LogP contribution is 2.64. The number of fused-ring (bicyclic) bond motifs is 4. The van der Waals surface area contributed by atoms with Crippen LogP contribution in [0.25, 0.3) is 11.0 Å². The molecule has 84 heavy (non-hydrogen) atoms. The van der Waals surface area contributed by atoms with E-state index < -0.39 is 56.2 Å². The summed E-state index contributed by atoms with van der Waals surface area (Å²) in [7, 11) is 1.66. The van der Waals surface area contributed by atoms with E-state index in [-0.39, 0.29) is 89.4 Å². The lowest BCUT2D eigenvalue weighted by molar-refractivity contribution is -0.385. The fourth-order valence-electron chi connectivity index (χ4n) is 15.0. The third-order valence-corrected chi connectivity index (χ3v) is 19.7. The number of hydrogen-bond acceptors (Lipinski definition) is 11. The quantitative estimate of drug-likeness (QED) is 0.0665. The second-order valence-electron chi connectivity index (χ2n) is 23.6. The zero-order chi connectivity index (χ0) is 58.9. The van der Waals surface area contributed by atoms with Gasteiger partial charge in [0.15, 0.2) is 0 Å². The molecule has 5 amide bonds. The topological polar surface area (TPSA) is 232 Å². The predicted molar refractivity (Wildman–Crippen MR) is 311 cm³/mol. The van der Waals surface area contributed by atoms with Gasteiger partial charge in [-0.25, -0.2) is 9.18 Å². The number of carbonyl (C=O) groups is 5. The van der Waals surface area contributed by atoms with E-state index in [1.165, 1.54) is 51.6 Å². The minimum atomic E-state index is -1.51. The van der Waals surface area contributed by atoms with Gasteiger partial charge in [-0.1, -0.05) is 91.0 Å². The lowest BCUT2D eigenvalue weighted by atomic mass is 9.55. The van der Waals surface area contributed by atoms with Gasteiger partial charge in [-0.3, -0.25) is 63.6 Å². The maximum Gasteiger partial charge on any atom is 0.329 e. The average molecular weight is 1180 g/mol. The Morgan fingerprint density at radius 1 is 0.750 bits per heavy atom. The summed E-state index contributed by atoms with van der Waals surface area (Å²) in [5, 5.41) is 30.0. The zero-order valence-corrected chi connectivity index (χ0v) is 47.7. The molecule has 4 atom stereocenters. The van der Waals surface area contributed by atoms with Gasteiger partial charge >= 0.3 is 5.69 Å². The Morgan fingerprint density at radius 2 is 1.39 bits per heavy atom. The van der Waals surface area contributed by atoms with Gasteiger partial charge < -0.3 is 15.1 Å².